The topological polar surface area (TPSA) is 55.5 Å². The summed E-state index contributed by atoms with van der Waals surface area (Å²) in [6.45, 7) is -0.982. The van der Waals surface area contributed by atoms with E-state index in [1.54, 1.807) is 18.2 Å². The maximum atomic E-state index is 12.2. The molecule has 0 spiro atoms. The van der Waals surface area contributed by atoms with E-state index in [1.165, 1.54) is 6.07 Å². The van der Waals surface area contributed by atoms with Gasteiger partial charge in [0.05, 0.1) is 12.1 Å². The summed E-state index contributed by atoms with van der Waals surface area (Å²) in [5.41, 5.74) is 6.22. The number of ether oxygens (including phenoxy) is 1. The van der Waals surface area contributed by atoms with Crippen LogP contribution in [0.5, 0.6) is 5.75 Å². The normalized spacial score (nSPS) is 14.7. The molecule has 0 amide bonds. The Balaban J connectivity index is 2.88. The monoisotopic (exact) mass is 245 g/mol. The number of rotatable bonds is 6. The number of nitrogens with two attached hydrogens (primary N) is 1. The zero-order valence-corrected chi connectivity index (χ0v) is 9.64. The fourth-order valence-corrected chi connectivity index (χ4v) is 1.64. The molecule has 0 aromatic heterocycles. The van der Waals surface area contributed by atoms with Crippen molar-refractivity contribution in [3.05, 3.63) is 29.8 Å². The number of benzene rings is 1. The smallest absolute Gasteiger partial charge is 0.387 e. The molecule has 2 atom stereocenters. The highest BCUT2D eigenvalue weighted by Crippen LogP contribution is 2.28. The zero-order valence-electron chi connectivity index (χ0n) is 9.64. The highest BCUT2D eigenvalue weighted by molar-refractivity contribution is 5.36. The third-order valence-electron chi connectivity index (χ3n) is 2.49. The molecule has 5 heteroatoms. The standard InChI is InChI=1S/C12H17F2NO2/c1-2-5-9(16)11(15)8-6-3-4-7-10(8)17-12(13)14/h3-4,6-7,9,11-12,16H,2,5,15H2,1H3/t9-,11+/m1/s1. The summed E-state index contributed by atoms with van der Waals surface area (Å²) in [4.78, 5) is 0. The number of hydrogen-bond acceptors (Lipinski definition) is 3. The van der Waals surface area contributed by atoms with Crippen molar-refractivity contribution in [1.29, 1.82) is 0 Å². The number of aliphatic hydroxyl groups excluding tert-OH is 1. The second-order valence-electron chi connectivity index (χ2n) is 3.80. The van der Waals surface area contributed by atoms with Gasteiger partial charge in [-0.25, -0.2) is 0 Å². The Hall–Kier alpha value is -1.20. The van der Waals surface area contributed by atoms with E-state index >= 15 is 0 Å². The third kappa shape index (κ3) is 3.94. The lowest BCUT2D eigenvalue weighted by atomic mass is 9.98. The molecule has 0 saturated heterocycles. The predicted octanol–water partition coefficient (Wildman–Crippen LogP) is 2.45. The SMILES string of the molecule is CCC[C@@H](O)[C@@H](N)c1ccccc1OC(F)F. The lowest BCUT2D eigenvalue weighted by molar-refractivity contribution is -0.0510. The molecule has 0 aliphatic heterocycles. The van der Waals surface area contributed by atoms with Crippen molar-refractivity contribution < 1.29 is 18.6 Å². The van der Waals surface area contributed by atoms with Crippen LogP contribution in [0.3, 0.4) is 0 Å². The van der Waals surface area contributed by atoms with Crippen molar-refractivity contribution in [2.75, 3.05) is 0 Å². The number of aliphatic hydroxyl groups is 1. The molecule has 0 heterocycles. The minimum Gasteiger partial charge on any atom is -0.434 e. The van der Waals surface area contributed by atoms with Gasteiger partial charge in [-0.3, -0.25) is 0 Å². The molecule has 0 saturated carbocycles. The first-order chi connectivity index (χ1) is 8.06. The summed E-state index contributed by atoms with van der Waals surface area (Å²) in [5, 5.41) is 9.76. The molecule has 0 unspecified atom stereocenters. The average molecular weight is 245 g/mol. The molecule has 0 bridgehead atoms. The van der Waals surface area contributed by atoms with Crippen LogP contribution in [0.25, 0.3) is 0 Å². The van der Waals surface area contributed by atoms with Gasteiger partial charge in [0.1, 0.15) is 5.75 Å². The molecule has 96 valence electrons. The molecule has 0 aliphatic carbocycles. The number of para-hydroxylation sites is 1. The van der Waals surface area contributed by atoms with Gasteiger partial charge >= 0.3 is 6.61 Å². The van der Waals surface area contributed by atoms with E-state index in [4.69, 9.17) is 5.73 Å². The molecule has 0 aliphatic rings. The summed E-state index contributed by atoms with van der Waals surface area (Å²) in [7, 11) is 0. The Kier molecular flexibility index (Phi) is 5.31. The molecule has 3 N–H and O–H groups in total. The summed E-state index contributed by atoms with van der Waals surface area (Å²) in [6, 6.07) is 5.54. The van der Waals surface area contributed by atoms with Crippen molar-refractivity contribution in [2.45, 2.75) is 38.5 Å². The lowest BCUT2D eigenvalue weighted by Gasteiger charge is -2.21. The lowest BCUT2D eigenvalue weighted by Crippen LogP contribution is -2.26. The van der Waals surface area contributed by atoms with Gasteiger partial charge in [-0.15, -0.1) is 0 Å². The van der Waals surface area contributed by atoms with Crippen molar-refractivity contribution in [3.8, 4) is 5.75 Å². The zero-order chi connectivity index (χ0) is 12.8. The Morgan fingerprint density at radius 2 is 2.00 bits per heavy atom. The van der Waals surface area contributed by atoms with Crippen LogP contribution in [-0.2, 0) is 0 Å². The molecule has 1 aromatic carbocycles. The van der Waals surface area contributed by atoms with E-state index in [0.29, 0.717) is 12.0 Å². The third-order valence-corrected chi connectivity index (χ3v) is 2.49. The fourth-order valence-electron chi connectivity index (χ4n) is 1.64. The van der Waals surface area contributed by atoms with Crippen LogP contribution >= 0.6 is 0 Å². The van der Waals surface area contributed by atoms with E-state index in [9.17, 15) is 13.9 Å². The van der Waals surface area contributed by atoms with E-state index in [0.717, 1.165) is 6.42 Å². The van der Waals surface area contributed by atoms with Crippen molar-refractivity contribution in [2.24, 2.45) is 5.73 Å². The van der Waals surface area contributed by atoms with E-state index in [1.807, 2.05) is 6.92 Å². The van der Waals surface area contributed by atoms with Crippen LogP contribution in [-0.4, -0.2) is 17.8 Å². The predicted molar refractivity (Wildman–Crippen MR) is 60.9 cm³/mol. The summed E-state index contributed by atoms with van der Waals surface area (Å²) >= 11 is 0. The number of alkyl halides is 2. The van der Waals surface area contributed by atoms with Crippen molar-refractivity contribution in [3.63, 3.8) is 0 Å². The van der Waals surface area contributed by atoms with Crippen LogP contribution in [0.2, 0.25) is 0 Å². The first kappa shape index (κ1) is 13.9. The van der Waals surface area contributed by atoms with E-state index < -0.39 is 18.8 Å². The van der Waals surface area contributed by atoms with Gasteiger partial charge in [-0.2, -0.15) is 8.78 Å². The van der Waals surface area contributed by atoms with Crippen molar-refractivity contribution in [1.82, 2.24) is 0 Å². The van der Waals surface area contributed by atoms with Crippen LogP contribution in [0, 0.1) is 0 Å². The molecule has 0 radical (unpaired) electrons. The largest absolute Gasteiger partial charge is 0.434 e. The molecule has 1 aromatic rings. The quantitative estimate of drug-likeness (QED) is 0.809. The van der Waals surface area contributed by atoms with Gasteiger partial charge in [0.15, 0.2) is 0 Å². The second-order valence-corrected chi connectivity index (χ2v) is 3.80. The first-order valence-corrected chi connectivity index (χ1v) is 5.53. The van der Waals surface area contributed by atoms with Crippen LogP contribution in [0.1, 0.15) is 31.4 Å². The first-order valence-electron chi connectivity index (χ1n) is 5.53. The Bertz CT molecular complexity index is 347. The summed E-state index contributed by atoms with van der Waals surface area (Å²) in [5.74, 6) is 0.0187. The minimum atomic E-state index is -2.90. The maximum absolute atomic E-state index is 12.2. The van der Waals surface area contributed by atoms with Gasteiger partial charge in [0.25, 0.3) is 0 Å². The second kappa shape index (κ2) is 6.51. The fraction of sp³-hybridized carbons (Fsp3) is 0.500. The van der Waals surface area contributed by atoms with Crippen LogP contribution < -0.4 is 10.5 Å². The maximum Gasteiger partial charge on any atom is 0.387 e. The van der Waals surface area contributed by atoms with Gasteiger partial charge in [-0.1, -0.05) is 31.5 Å². The highest BCUT2D eigenvalue weighted by atomic mass is 19.3. The molecule has 1 rings (SSSR count). The summed E-state index contributed by atoms with van der Waals surface area (Å²) < 4.78 is 28.7. The molecular formula is C12H17F2NO2. The molecule has 0 fully saturated rings. The van der Waals surface area contributed by atoms with E-state index in [2.05, 4.69) is 4.74 Å². The minimum absolute atomic E-state index is 0.0187. The van der Waals surface area contributed by atoms with Gasteiger partial charge in [-0.05, 0) is 12.5 Å². The Morgan fingerprint density at radius 1 is 1.35 bits per heavy atom. The number of hydrogen-bond donors (Lipinski definition) is 2. The molecule has 17 heavy (non-hydrogen) atoms. The Labute approximate surface area is 99.2 Å². The molecular weight excluding hydrogens is 228 g/mol. The van der Waals surface area contributed by atoms with Crippen LogP contribution in [0.4, 0.5) is 8.78 Å². The average Bonchev–Trinajstić information content (AvgIpc) is 2.28. The number of halogens is 2. The van der Waals surface area contributed by atoms with E-state index in [-0.39, 0.29) is 5.75 Å². The Morgan fingerprint density at radius 3 is 2.59 bits per heavy atom. The summed E-state index contributed by atoms with van der Waals surface area (Å²) in [6.07, 6.45) is 0.527. The van der Waals surface area contributed by atoms with Gasteiger partial charge < -0.3 is 15.6 Å². The van der Waals surface area contributed by atoms with Crippen molar-refractivity contribution >= 4 is 0 Å². The molecule has 3 nitrogen and oxygen atoms in total. The highest BCUT2D eigenvalue weighted by Gasteiger charge is 2.20. The van der Waals surface area contributed by atoms with Gasteiger partial charge in [0, 0.05) is 5.56 Å². The van der Waals surface area contributed by atoms with Crippen LogP contribution in [0.15, 0.2) is 24.3 Å². The van der Waals surface area contributed by atoms with Gasteiger partial charge in [0.2, 0.25) is 0 Å².